The quantitative estimate of drug-likeness (QED) is 0.351. The molecule has 4 N–H and O–H groups in total. The lowest BCUT2D eigenvalue weighted by molar-refractivity contribution is -0.150. The van der Waals surface area contributed by atoms with Gasteiger partial charge in [0.15, 0.2) is 5.60 Å². The number of carbonyl (C=O) groups is 4. The van der Waals surface area contributed by atoms with Gasteiger partial charge in [-0.1, -0.05) is 32.4 Å². The third kappa shape index (κ3) is 4.22. The van der Waals surface area contributed by atoms with Crippen LogP contribution < -0.4 is 16.4 Å². The van der Waals surface area contributed by atoms with Gasteiger partial charge in [-0.3, -0.25) is 19.2 Å². The smallest absolute Gasteiger partial charge is 0.312 e. The Balaban J connectivity index is 1.31. The first-order chi connectivity index (χ1) is 17.8. The molecule has 4 aliphatic rings. The molecule has 1 spiro atoms. The van der Waals surface area contributed by atoms with Crippen molar-refractivity contribution in [3.05, 3.63) is 28.8 Å². The fraction of sp³-hybridized carbons (Fsp3) is 0.630. The largest absolute Gasteiger partial charge is 0.453 e. The first kappa shape index (κ1) is 26.7. The number of carbonyl (C=O) groups excluding carboxylic acids is 4. The lowest BCUT2D eigenvalue weighted by Gasteiger charge is -2.36. The SMILES string of the molecule is CCOC1CC12OC(=O)C1CC12NC(=O)[C@@H]1CCCN1C(=O)[C@@H](NC(=O)c1ccc(N)c(Cl)c1)C(C)(C)C. The van der Waals surface area contributed by atoms with Crippen molar-refractivity contribution in [2.24, 2.45) is 11.3 Å². The number of fused-ring (bicyclic) bond motifs is 2. The van der Waals surface area contributed by atoms with Crippen molar-refractivity contribution in [1.82, 2.24) is 15.5 Å². The number of hydrogen-bond acceptors (Lipinski definition) is 7. The third-order valence-corrected chi connectivity index (χ3v) is 8.66. The predicted molar refractivity (Wildman–Crippen MR) is 139 cm³/mol. The van der Waals surface area contributed by atoms with Gasteiger partial charge in [-0.25, -0.2) is 0 Å². The summed E-state index contributed by atoms with van der Waals surface area (Å²) in [7, 11) is 0. The zero-order chi connectivity index (χ0) is 27.6. The number of amides is 3. The van der Waals surface area contributed by atoms with Crippen molar-refractivity contribution in [2.75, 3.05) is 18.9 Å². The standard InChI is InChI=1S/C27H35ClN4O6/c1-5-37-19-13-27(19)26(12-15(26)24(36)38-27)31-22(34)18-7-6-10-32(18)23(35)20(25(2,3)4)30-21(33)14-8-9-17(29)16(28)11-14/h8-9,11,15,18-20H,5-7,10,12-13,29H2,1-4H3,(H,30,33)(H,31,34)/t15?,18-,19?,20+,26?,27?/m0/s1. The number of rotatable bonds is 7. The molecule has 206 valence electrons. The highest BCUT2D eigenvalue weighted by Gasteiger charge is 2.87. The molecule has 2 aliphatic heterocycles. The van der Waals surface area contributed by atoms with Crippen molar-refractivity contribution >= 4 is 41.0 Å². The van der Waals surface area contributed by atoms with Crippen LogP contribution in [0.25, 0.3) is 0 Å². The van der Waals surface area contributed by atoms with E-state index in [9.17, 15) is 19.2 Å². The maximum absolute atomic E-state index is 13.8. The number of hydrogen-bond donors (Lipinski definition) is 3. The molecule has 4 fully saturated rings. The van der Waals surface area contributed by atoms with Crippen LogP contribution in [0.15, 0.2) is 18.2 Å². The fourth-order valence-corrected chi connectivity index (χ4v) is 6.27. The number of nitrogen functional groups attached to an aromatic ring is 1. The van der Waals surface area contributed by atoms with Gasteiger partial charge in [0, 0.05) is 25.1 Å². The minimum absolute atomic E-state index is 0.229. The molecule has 5 rings (SSSR count). The summed E-state index contributed by atoms with van der Waals surface area (Å²) < 4.78 is 11.4. The summed E-state index contributed by atoms with van der Waals surface area (Å²) in [6.45, 7) is 8.34. The normalized spacial score (nSPS) is 32.0. The minimum Gasteiger partial charge on any atom is -0.453 e. The van der Waals surface area contributed by atoms with Gasteiger partial charge in [0.25, 0.3) is 5.91 Å². The first-order valence-corrected chi connectivity index (χ1v) is 13.6. The van der Waals surface area contributed by atoms with E-state index in [1.807, 2.05) is 27.7 Å². The molecule has 11 heteroatoms. The van der Waals surface area contributed by atoms with Crippen molar-refractivity contribution in [1.29, 1.82) is 0 Å². The van der Waals surface area contributed by atoms with Crippen LogP contribution in [0.5, 0.6) is 0 Å². The van der Waals surface area contributed by atoms with Crippen molar-refractivity contribution in [3.63, 3.8) is 0 Å². The highest BCUT2D eigenvalue weighted by atomic mass is 35.5. The van der Waals surface area contributed by atoms with Crippen LogP contribution in [0, 0.1) is 11.3 Å². The predicted octanol–water partition coefficient (Wildman–Crippen LogP) is 2.04. The Hall–Kier alpha value is -2.85. The average Bonchev–Trinajstić information content (AvgIpc) is 3.64. The summed E-state index contributed by atoms with van der Waals surface area (Å²) in [4.78, 5) is 54.4. The summed E-state index contributed by atoms with van der Waals surface area (Å²) in [5.74, 6) is -1.77. The molecule has 0 aromatic heterocycles. The molecule has 38 heavy (non-hydrogen) atoms. The fourth-order valence-electron chi connectivity index (χ4n) is 6.09. The molecular weight excluding hydrogens is 512 g/mol. The Labute approximate surface area is 226 Å². The van der Waals surface area contributed by atoms with Gasteiger partial charge in [0.2, 0.25) is 11.8 Å². The van der Waals surface area contributed by atoms with Crippen molar-refractivity contribution < 1.29 is 28.7 Å². The summed E-state index contributed by atoms with van der Waals surface area (Å²) in [6, 6.07) is 2.95. The van der Waals surface area contributed by atoms with E-state index in [1.165, 1.54) is 12.1 Å². The molecule has 3 amide bonds. The van der Waals surface area contributed by atoms with E-state index >= 15 is 0 Å². The van der Waals surface area contributed by atoms with Gasteiger partial charge in [-0.05, 0) is 49.8 Å². The maximum atomic E-state index is 13.8. The molecule has 1 aromatic carbocycles. The number of likely N-dealkylation sites (tertiary alicyclic amines) is 1. The van der Waals surface area contributed by atoms with Crippen LogP contribution in [0.4, 0.5) is 5.69 Å². The Morgan fingerprint density at radius 1 is 1.29 bits per heavy atom. The van der Waals surface area contributed by atoms with E-state index in [-0.39, 0.29) is 40.4 Å². The molecule has 0 bridgehead atoms. The van der Waals surface area contributed by atoms with Crippen LogP contribution in [0.1, 0.15) is 63.7 Å². The highest BCUT2D eigenvalue weighted by Crippen LogP contribution is 2.69. The van der Waals surface area contributed by atoms with E-state index in [0.717, 1.165) is 0 Å². The zero-order valence-corrected chi connectivity index (χ0v) is 22.9. The molecule has 0 radical (unpaired) electrons. The monoisotopic (exact) mass is 546 g/mol. The summed E-state index contributed by atoms with van der Waals surface area (Å²) in [6.07, 6.45) is 2.00. The number of esters is 1. The molecule has 2 aliphatic carbocycles. The first-order valence-electron chi connectivity index (χ1n) is 13.2. The topological polar surface area (TPSA) is 140 Å². The molecule has 2 saturated heterocycles. The number of halogens is 1. The second-order valence-electron chi connectivity index (χ2n) is 11.9. The van der Waals surface area contributed by atoms with Gasteiger partial charge >= 0.3 is 5.97 Å². The second-order valence-corrected chi connectivity index (χ2v) is 12.3. The molecule has 1 aromatic rings. The summed E-state index contributed by atoms with van der Waals surface area (Å²) in [5.41, 5.74) is 4.18. The Kier molecular flexibility index (Phi) is 6.42. The Bertz CT molecular complexity index is 1200. The maximum Gasteiger partial charge on any atom is 0.312 e. The second kappa shape index (κ2) is 9.12. The van der Waals surface area contributed by atoms with Crippen LogP contribution in [0.2, 0.25) is 5.02 Å². The number of nitrogens with two attached hydrogens (primary N) is 1. The summed E-state index contributed by atoms with van der Waals surface area (Å²) in [5, 5.41) is 6.21. The van der Waals surface area contributed by atoms with Gasteiger partial charge in [-0.2, -0.15) is 0 Å². The molecule has 6 atom stereocenters. The molecule has 4 unspecified atom stereocenters. The van der Waals surface area contributed by atoms with E-state index < -0.39 is 34.5 Å². The van der Waals surface area contributed by atoms with Crippen LogP contribution in [-0.2, 0) is 23.9 Å². The van der Waals surface area contributed by atoms with E-state index in [0.29, 0.717) is 44.5 Å². The molecular formula is C27H35ClN4O6. The molecule has 10 nitrogen and oxygen atoms in total. The van der Waals surface area contributed by atoms with Gasteiger partial charge in [0.05, 0.1) is 22.2 Å². The highest BCUT2D eigenvalue weighted by molar-refractivity contribution is 6.33. The Morgan fingerprint density at radius 3 is 2.66 bits per heavy atom. The lowest BCUT2D eigenvalue weighted by atomic mass is 9.85. The Morgan fingerprint density at radius 2 is 2.03 bits per heavy atom. The van der Waals surface area contributed by atoms with Gasteiger partial charge in [0.1, 0.15) is 18.2 Å². The lowest BCUT2D eigenvalue weighted by Crippen LogP contribution is -2.59. The van der Waals surface area contributed by atoms with Crippen molar-refractivity contribution in [2.45, 2.75) is 82.7 Å². The molecule has 2 heterocycles. The minimum atomic E-state index is -0.889. The van der Waals surface area contributed by atoms with Gasteiger partial charge < -0.3 is 30.7 Å². The molecule has 2 saturated carbocycles. The zero-order valence-electron chi connectivity index (χ0n) is 22.1. The van der Waals surface area contributed by atoms with Crippen LogP contribution in [-0.4, -0.2) is 71.1 Å². The van der Waals surface area contributed by atoms with E-state index in [2.05, 4.69) is 10.6 Å². The summed E-state index contributed by atoms with van der Waals surface area (Å²) >= 11 is 6.09. The van der Waals surface area contributed by atoms with E-state index in [4.69, 9.17) is 26.8 Å². The average molecular weight is 547 g/mol. The van der Waals surface area contributed by atoms with Gasteiger partial charge in [-0.15, -0.1) is 0 Å². The number of ether oxygens (including phenoxy) is 2. The number of nitrogens with zero attached hydrogens (tertiary/aromatic N) is 1. The third-order valence-electron chi connectivity index (χ3n) is 8.34. The van der Waals surface area contributed by atoms with Crippen molar-refractivity contribution in [3.8, 4) is 0 Å². The number of nitrogens with one attached hydrogen (secondary N) is 2. The van der Waals surface area contributed by atoms with Crippen LogP contribution >= 0.6 is 11.6 Å². The number of benzene rings is 1. The van der Waals surface area contributed by atoms with E-state index in [1.54, 1.807) is 11.0 Å². The number of anilines is 1. The van der Waals surface area contributed by atoms with Crippen LogP contribution in [0.3, 0.4) is 0 Å².